The normalized spacial score (nSPS) is 15.3. The molecule has 1 aliphatic heterocycles. The zero-order chi connectivity index (χ0) is 18.5. The smallest absolute Gasteiger partial charge is 0.226 e. The first-order valence-electron chi connectivity index (χ1n) is 9.20. The van der Waals surface area contributed by atoms with Gasteiger partial charge in [-0.2, -0.15) is 0 Å². The molecule has 27 heavy (non-hydrogen) atoms. The summed E-state index contributed by atoms with van der Waals surface area (Å²) in [6.07, 6.45) is 8.73. The summed E-state index contributed by atoms with van der Waals surface area (Å²) in [4.78, 5) is 30.7. The number of hydrogen-bond acceptors (Lipinski definition) is 7. The molecular formula is C18H23N7OS. The molecule has 9 heteroatoms. The van der Waals surface area contributed by atoms with E-state index in [9.17, 15) is 4.79 Å². The Morgan fingerprint density at radius 3 is 2.78 bits per heavy atom. The maximum atomic E-state index is 12.1. The van der Waals surface area contributed by atoms with Crippen LogP contribution in [0.5, 0.6) is 0 Å². The number of fused-ring (bicyclic) bond motifs is 1. The van der Waals surface area contributed by atoms with Crippen molar-refractivity contribution in [3.8, 4) is 0 Å². The molecule has 0 aromatic carbocycles. The highest BCUT2D eigenvalue weighted by molar-refractivity contribution is 7.15. The number of anilines is 1. The predicted octanol–water partition coefficient (Wildman–Crippen LogP) is 1.06. The molecule has 0 radical (unpaired) electrons. The average Bonchev–Trinajstić information content (AvgIpc) is 3.28. The summed E-state index contributed by atoms with van der Waals surface area (Å²) in [6.45, 7) is 5.56. The fourth-order valence-electron chi connectivity index (χ4n) is 3.24. The van der Waals surface area contributed by atoms with Crippen molar-refractivity contribution in [3.05, 3.63) is 41.9 Å². The molecule has 4 rings (SSSR count). The maximum absolute atomic E-state index is 12.1. The Kier molecular flexibility index (Phi) is 5.59. The van der Waals surface area contributed by atoms with E-state index in [0.29, 0.717) is 13.0 Å². The largest absolute Gasteiger partial charge is 0.356 e. The van der Waals surface area contributed by atoms with Gasteiger partial charge in [-0.05, 0) is 19.0 Å². The van der Waals surface area contributed by atoms with Crippen LogP contribution in [0.4, 0.5) is 5.95 Å². The highest BCUT2D eigenvalue weighted by atomic mass is 32.1. The van der Waals surface area contributed by atoms with Gasteiger partial charge in [-0.3, -0.25) is 14.1 Å². The molecule has 0 aliphatic carbocycles. The Hall–Kier alpha value is -2.52. The van der Waals surface area contributed by atoms with E-state index >= 15 is 0 Å². The van der Waals surface area contributed by atoms with Crippen LogP contribution < -0.4 is 10.2 Å². The highest BCUT2D eigenvalue weighted by Crippen LogP contribution is 2.12. The number of carbonyl (C=O) groups excluding carboxylic acids is 1. The van der Waals surface area contributed by atoms with Crippen LogP contribution in [0.3, 0.4) is 0 Å². The van der Waals surface area contributed by atoms with Crippen LogP contribution in [-0.2, 0) is 11.2 Å². The van der Waals surface area contributed by atoms with Gasteiger partial charge in [-0.15, -0.1) is 11.3 Å². The zero-order valence-corrected chi connectivity index (χ0v) is 15.9. The van der Waals surface area contributed by atoms with E-state index in [1.165, 1.54) is 0 Å². The molecule has 0 bridgehead atoms. The zero-order valence-electron chi connectivity index (χ0n) is 15.1. The molecule has 1 fully saturated rings. The van der Waals surface area contributed by atoms with Crippen LogP contribution in [-0.4, -0.2) is 69.4 Å². The summed E-state index contributed by atoms with van der Waals surface area (Å²) in [5.74, 6) is 0.843. The van der Waals surface area contributed by atoms with Crippen molar-refractivity contribution >= 4 is 28.2 Å². The van der Waals surface area contributed by atoms with Crippen LogP contribution in [0.25, 0.3) is 4.96 Å². The molecular weight excluding hydrogens is 362 g/mol. The maximum Gasteiger partial charge on any atom is 0.226 e. The summed E-state index contributed by atoms with van der Waals surface area (Å²) in [6, 6.07) is 1.84. The summed E-state index contributed by atoms with van der Waals surface area (Å²) >= 11 is 1.57. The topological polar surface area (TPSA) is 78.7 Å². The molecule has 0 spiro atoms. The summed E-state index contributed by atoms with van der Waals surface area (Å²) in [5.41, 5.74) is 0.818. The van der Waals surface area contributed by atoms with Crippen molar-refractivity contribution in [1.82, 2.24) is 29.6 Å². The lowest BCUT2D eigenvalue weighted by Gasteiger charge is -2.34. The second-order valence-electron chi connectivity index (χ2n) is 6.58. The number of aromatic nitrogens is 4. The van der Waals surface area contributed by atoms with Crippen LogP contribution in [0.2, 0.25) is 0 Å². The number of thiazole rings is 1. The number of amides is 1. The molecule has 1 saturated heterocycles. The monoisotopic (exact) mass is 385 g/mol. The van der Waals surface area contributed by atoms with Gasteiger partial charge in [-0.1, -0.05) is 0 Å². The number of rotatable bonds is 7. The number of hydrogen-bond donors (Lipinski definition) is 1. The molecule has 0 unspecified atom stereocenters. The molecule has 0 atom stereocenters. The highest BCUT2D eigenvalue weighted by Gasteiger charge is 2.18. The first-order valence-corrected chi connectivity index (χ1v) is 10.1. The first kappa shape index (κ1) is 17.9. The fraction of sp³-hybridized carbons (Fsp3) is 0.444. The summed E-state index contributed by atoms with van der Waals surface area (Å²) in [5, 5.41) is 4.99. The number of piperazine rings is 1. The van der Waals surface area contributed by atoms with Gasteiger partial charge in [0.15, 0.2) is 4.96 Å². The lowest BCUT2D eigenvalue weighted by Crippen LogP contribution is -2.47. The van der Waals surface area contributed by atoms with Gasteiger partial charge in [0.2, 0.25) is 11.9 Å². The van der Waals surface area contributed by atoms with Gasteiger partial charge < -0.3 is 10.2 Å². The second-order valence-corrected chi connectivity index (χ2v) is 7.46. The van der Waals surface area contributed by atoms with Crippen LogP contribution in [0.1, 0.15) is 12.1 Å². The van der Waals surface area contributed by atoms with Gasteiger partial charge >= 0.3 is 0 Å². The van der Waals surface area contributed by atoms with Gasteiger partial charge in [0, 0.05) is 62.9 Å². The number of nitrogens with one attached hydrogen (secondary N) is 1. The Morgan fingerprint density at radius 1 is 1.19 bits per heavy atom. The standard InChI is InChI=1S/C18H23N7OS/c26-16(13-15-14-25-11-12-27-18(25)22-15)19-5-2-6-23-7-9-24(10-8-23)17-20-3-1-4-21-17/h1,3-4,11-12,14H,2,5-10,13H2,(H,19,26). The molecule has 8 nitrogen and oxygen atoms in total. The Morgan fingerprint density at radius 2 is 2.00 bits per heavy atom. The lowest BCUT2D eigenvalue weighted by atomic mass is 10.3. The molecule has 1 N–H and O–H groups in total. The van der Waals surface area contributed by atoms with Crippen LogP contribution in [0.15, 0.2) is 36.2 Å². The fourth-order valence-corrected chi connectivity index (χ4v) is 3.96. The lowest BCUT2D eigenvalue weighted by molar-refractivity contribution is -0.120. The van der Waals surface area contributed by atoms with Gasteiger partial charge in [-0.25, -0.2) is 15.0 Å². The molecule has 3 aromatic heterocycles. The minimum Gasteiger partial charge on any atom is -0.356 e. The van der Waals surface area contributed by atoms with E-state index in [1.807, 2.05) is 28.2 Å². The van der Waals surface area contributed by atoms with Gasteiger partial charge in [0.05, 0.1) is 12.1 Å². The molecule has 1 amide bonds. The number of carbonyl (C=O) groups is 1. The van der Waals surface area contributed by atoms with E-state index in [4.69, 9.17) is 0 Å². The van der Waals surface area contributed by atoms with Crippen molar-refractivity contribution in [2.75, 3.05) is 44.2 Å². The minimum atomic E-state index is 0.0341. The van der Waals surface area contributed by atoms with Crippen molar-refractivity contribution in [2.45, 2.75) is 12.8 Å². The SMILES string of the molecule is O=C(Cc1cn2ccsc2n1)NCCCN1CCN(c2ncccn2)CC1. The van der Waals surface area contributed by atoms with E-state index in [2.05, 4.69) is 30.1 Å². The summed E-state index contributed by atoms with van der Waals surface area (Å²) < 4.78 is 1.95. The second kappa shape index (κ2) is 8.45. The molecule has 3 aromatic rings. The van der Waals surface area contributed by atoms with Crippen LogP contribution >= 0.6 is 11.3 Å². The average molecular weight is 385 g/mol. The Balaban J connectivity index is 1.12. The quantitative estimate of drug-likeness (QED) is 0.613. The van der Waals surface area contributed by atoms with E-state index in [0.717, 1.165) is 55.7 Å². The third-order valence-electron chi connectivity index (χ3n) is 4.67. The first-order chi connectivity index (χ1) is 13.3. The molecule has 0 saturated carbocycles. The van der Waals surface area contributed by atoms with E-state index < -0.39 is 0 Å². The van der Waals surface area contributed by atoms with Crippen molar-refractivity contribution in [1.29, 1.82) is 0 Å². The molecule has 142 valence electrons. The Labute approximate surface area is 161 Å². The van der Waals surface area contributed by atoms with Gasteiger partial charge in [0.1, 0.15) is 0 Å². The number of nitrogens with zero attached hydrogens (tertiary/aromatic N) is 6. The van der Waals surface area contributed by atoms with E-state index in [1.54, 1.807) is 23.7 Å². The van der Waals surface area contributed by atoms with Crippen molar-refractivity contribution in [2.24, 2.45) is 0 Å². The third kappa shape index (κ3) is 4.61. The van der Waals surface area contributed by atoms with Crippen molar-refractivity contribution < 1.29 is 4.79 Å². The summed E-state index contributed by atoms with van der Waals surface area (Å²) in [7, 11) is 0. The Bertz CT molecular complexity index is 842. The predicted molar refractivity (Wildman–Crippen MR) is 105 cm³/mol. The number of imidazole rings is 1. The molecule has 4 heterocycles. The third-order valence-corrected chi connectivity index (χ3v) is 5.44. The van der Waals surface area contributed by atoms with Crippen LogP contribution in [0, 0.1) is 0 Å². The van der Waals surface area contributed by atoms with E-state index in [-0.39, 0.29) is 5.91 Å². The van der Waals surface area contributed by atoms with Gasteiger partial charge in [0.25, 0.3) is 0 Å². The van der Waals surface area contributed by atoms with Crippen molar-refractivity contribution in [3.63, 3.8) is 0 Å². The minimum absolute atomic E-state index is 0.0341. The molecule has 1 aliphatic rings.